The number of halogens is 1. The highest BCUT2D eigenvalue weighted by Crippen LogP contribution is 2.21. The molecule has 0 aromatic carbocycles. The fourth-order valence-electron chi connectivity index (χ4n) is 1.43. The number of alkyl halides is 1. The van der Waals surface area contributed by atoms with E-state index in [0.717, 1.165) is 24.4 Å². The minimum Gasteiger partial charge on any atom is -0.493 e. The Bertz CT molecular complexity index is 264. The summed E-state index contributed by atoms with van der Waals surface area (Å²) >= 11 is 5.79. The molecule has 0 saturated carbocycles. The quantitative estimate of drug-likeness (QED) is 0.707. The third-order valence-corrected chi connectivity index (χ3v) is 2.76. The van der Waals surface area contributed by atoms with E-state index in [9.17, 15) is 0 Å². The number of ether oxygens (including phenoxy) is 1. The van der Waals surface area contributed by atoms with Crippen LogP contribution in [-0.4, -0.2) is 22.8 Å². The summed E-state index contributed by atoms with van der Waals surface area (Å²) in [7, 11) is 1.67. The molecule has 0 bridgehead atoms. The van der Waals surface area contributed by atoms with E-state index < -0.39 is 0 Å². The predicted molar refractivity (Wildman–Crippen MR) is 58.0 cm³/mol. The Labute approximate surface area is 90.0 Å². The topological polar surface area (TPSA) is 27.1 Å². The van der Waals surface area contributed by atoms with Crippen LogP contribution < -0.4 is 4.74 Å². The molecule has 1 aromatic rings. The summed E-state index contributed by atoms with van der Waals surface area (Å²) in [4.78, 5) is 0. The van der Waals surface area contributed by atoms with Gasteiger partial charge < -0.3 is 4.74 Å². The average Bonchev–Trinajstić information content (AvgIpc) is 2.60. The third-order valence-electron chi connectivity index (χ3n) is 2.24. The third kappa shape index (κ3) is 2.41. The molecule has 0 N–H and O–H groups in total. The lowest BCUT2D eigenvalue weighted by Crippen LogP contribution is -2.09. The van der Waals surface area contributed by atoms with Gasteiger partial charge in [0.2, 0.25) is 0 Å². The minimum absolute atomic E-state index is 0.451. The zero-order chi connectivity index (χ0) is 10.6. The van der Waals surface area contributed by atoms with Gasteiger partial charge in [0.25, 0.3) is 0 Å². The smallest absolute Gasteiger partial charge is 0.159 e. The van der Waals surface area contributed by atoms with Crippen LogP contribution in [-0.2, 0) is 13.0 Å². The highest BCUT2D eigenvalue weighted by Gasteiger charge is 2.13. The fraction of sp³-hybridized carbons (Fsp3) is 0.700. The highest BCUT2D eigenvalue weighted by molar-refractivity contribution is 6.18. The van der Waals surface area contributed by atoms with Gasteiger partial charge in [-0.05, 0) is 19.3 Å². The van der Waals surface area contributed by atoms with Crippen molar-refractivity contribution in [2.24, 2.45) is 5.92 Å². The number of aryl methyl sites for hydroxylation is 1. The van der Waals surface area contributed by atoms with Crippen LogP contribution in [0.15, 0.2) is 6.20 Å². The molecule has 1 heterocycles. The molecule has 3 nitrogen and oxygen atoms in total. The van der Waals surface area contributed by atoms with Crippen molar-refractivity contribution >= 4 is 11.6 Å². The van der Waals surface area contributed by atoms with E-state index in [-0.39, 0.29) is 0 Å². The summed E-state index contributed by atoms with van der Waals surface area (Å²) in [5.74, 6) is 1.98. The Hall–Kier alpha value is -0.700. The number of methoxy groups -OCH3 is 1. The number of hydrogen-bond donors (Lipinski definition) is 0. The van der Waals surface area contributed by atoms with Gasteiger partial charge >= 0.3 is 0 Å². The SMILES string of the molecule is CCn1ncc(OC)c1CC(C)CCl. The van der Waals surface area contributed by atoms with Gasteiger partial charge in [0, 0.05) is 12.4 Å². The van der Waals surface area contributed by atoms with Gasteiger partial charge in [-0.1, -0.05) is 6.92 Å². The summed E-state index contributed by atoms with van der Waals surface area (Å²) in [6, 6.07) is 0. The summed E-state index contributed by atoms with van der Waals surface area (Å²) in [6.45, 7) is 5.06. The second kappa shape index (κ2) is 5.25. The van der Waals surface area contributed by atoms with Crippen LogP contribution in [0.4, 0.5) is 0 Å². The normalized spacial score (nSPS) is 12.9. The molecule has 1 rings (SSSR count). The standard InChI is InChI=1S/C10H17ClN2O/c1-4-13-9(5-8(2)6-11)10(14-3)7-12-13/h7-8H,4-6H2,1-3H3. The molecular formula is C10H17ClN2O. The van der Waals surface area contributed by atoms with Crippen molar-refractivity contribution in [2.45, 2.75) is 26.8 Å². The maximum atomic E-state index is 5.79. The van der Waals surface area contributed by atoms with E-state index >= 15 is 0 Å². The van der Waals surface area contributed by atoms with Gasteiger partial charge in [0.15, 0.2) is 5.75 Å². The fourth-order valence-corrected chi connectivity index (χ4v) is 1.54. The Morgan fingerprint density at radius 2 is 2.36 bits per heavy atom. The first-order valence-electron chi connectivity index (χ1n) is 4.87. The molecule has 0 spiro atoms. The van der Waals surface area contributed by atoms with Crippen LogP contribution in [0.1, 0.15) is 19.5 Å². The first kappa shape index (κ1) is 11.4. The van der Waals surface area contributed by atoms with E-state index in [4.69, 9.17) is 16.3 Å². The van der Waals surface area contributed by atoms with E-state index in [0.29, 0.717) is 11.8 Å². The second-order valence-corrected chi connectivity index (χ2v) is 3.75. The van der Waals surface area contributed by atoms with E-state index in [1.807, 2.05) is 4.68 Å². The molecule has 0 aliphatic carbocycles. The van der Waals surface area contributed by atoms with E-state index in [2.05, 4.69) is 18.9 Å². The van der Waals surface area contributed by atoms with Crippen LogP contribution in [0.2, 0.25) is 0 Å². The van der Waals surface area contributed by atoms with E-state index in [1.165, 1.54) is 0 Å². The summed E-state index contributed by atoms with van der Waals surface area (Å²) in [6.07, 6.45) is 2.68. The Kier molecular flexibility index (Phi) is 4.26. The lowest BCUT2D eigenvalue weighted by atomic mass is 10.1. The van der Waals surface area contributed by atoms with Crippen molar-refractivity contribution in [3.05, 3.63) is 11.9 Å². The molecule has 1 unspecified atom stereocenters. The minimum atomic E-state index is 0.451. The molecule has 0 radical (unpaired) electrons. The maximum Gasteiger partial charge on any atom is 0.159 e. The first-order valence-corrected chi connectivity index (χ1v) is 5.41. The van der Waals surface area contributed by atoms with Gasteiger partial charge in [0.1, 0.15) is 0 Å². The van der Waals surface area contributed by atoms with Crippen molar-refractivity contribution in [1.82, 2.24) is 9.78 Å². The molecule has 0 aliphatic rings. The lowest BCUT2D eigenvalue weighted by molar-refractivity contribution is 0.403. The van der Waals surface area contributed by atoms with Crippen LogP contribution in [0.25, 0.3) is 0 Å². The number of rotatable bonds is 5. The second-order valence-electron chi connectivity index (χ2n) is 3.44. The molecule has 0 saturated heterocycles. The molecule has 1 aromatic heterocycles. The van der Waals surface area contributed by atoms with Crippen molar-refractivity contribution < 1.29 is 4.74 Å². The number of nitrogens with zero attached hydrogens (tertiary/aromatic N) is 2. The maximum absolute atomic E-state index is 5.79. The molecule has 80 valence electrons. The average molecular weight is 217 g/mol. The highest BCUT2D eigenvalue weighted by atomic mass is 35.5. The molecule has 0 fully saturated rings. The van der Waals surface area contributed by atoms with Crippen molar-refractivity contribution in [1.29, 1.82) is 0 Å². The largest absolute Gasteiger partial charge is 0.493 e. The number of aromatic nitrogens is 2. The zero-order valence-corrected chi connectivity index (χ0v) is 9.71. The Balaban J connectivity index is 2.85. The van der Waals surface area contributed by atoms with Crippen molar-refractivity contribution in [3.63, 3.8) is 0 Å². The van der Waals surface area contributed by atoms with Gasteiger partial charge in [-0.15, -0.1) is 11.6 Å². The van der Waals surface area contributed by atoms with Gasteiger partial charge in [0.05, 0.1) is 19.0 Å². The number of hydrogen-bond acceptors (Lipinski definition) is 2. The van der Waals surface area contributed by atoms with Gasteiger partial charge in [-0.25, -0.2) is 0 Å². The molecule has 1 atom stereocenters. The van der Waals surface area contributed by atoms with Gasteiger partial charge in [-0.3, -0.25) is 4.68 Å². The molecule has 4 heteroatoms. The summed E-state index contributed by atoms with van der Waals surface area (Å²) < 4.78 is 7.21. The Morgan fingerprint density at radius 3 is 2.86 bits per heavy atom. The predicted octanol–water partition coefficient (Wildman–Crippen LogP) is 2.33. The van der Waals surface area contributed by atoms with Crippen LogP contribution in [0.3, 0.4) is 0 Å². The van der Waals surface area contributed by atoms with Crippen LogP contribution in [0, 0.1) is 5.92 Å². The molecule has 0 amide bonds. The van der Waals surface area contributed by atoms with Crippen LogP contribution in [0.5, 0.6) is 5.75 Å². The molecule has 0 aliphatic heterocycles. The first-order chi connectivity index (χ1) is 6.72. The van der Waals surface area contributed by atoms with Crippen molar-refractivity contribution in [2.75, 3.05) is 13.0 Å². The van der Waals surface area contributed by atoms with Crippen LogP contribution >= 0.6 is 11.6 Å². The Morgan fingerprint density at radius 1 is 1.64 bits per heavy atom. The summed E-state index contributed by atoms with van der Waals surface area (Å²) in [5.41, 5.74) is 1.14. The zero-order valence-electron chi connectivity index (χ0n) is 8.96. The van der Waals surface area contributed by atoms with Crippen molar-refractivity contribution in [3.8, 4) is 5.75 Å². The summed E-state index contributed by atoms with van der Waals surface area (Å²) in [5, 5.41) is 4.24. The molecular weight excluding hydrogens is 200 g/mol. The lowest BCUT2D eigenvalue weighted by Gasteiger charge is -2.10. The molecule has 14 heavy (non-hydrogen) atoms. The van der Waals surface area contributed by atoms with E-state index in [1.54, 1.807) is 13.3 Å². The van der Waals surface area contributed by atoms with Gasteiger partial charge in [-0.2, -0.15) is 5.10 Å². The monoisotopic (exact) mass is 216 g/mol.